The summed E-state index contributed by atoms with van der Waals surface area (Å²) >= 11 is 0. The van der Waals surface area contributed by atoms with Gasteiger partial charge in [0, 0.05) is 32.5 Å². The van der Waals surface area contributed by atoms with Crippen LogP contribution >= 0.6 is 0 Å². The van der Waals surface area contributed by atoms with Crippen molar-refractivity contribution in [3.8, 4) is 0 Å². The van der Waals surface area contributed by atoms with E-state index in [0.717, 1.165) is 19.3 Å². The van der Waals surface area contributed by atoms with Gasteiger partial charge in [-0.05, 0) is 56.7 Å². The zero-order valence-corrected chi connectivity index (χ0v) is 14.7. The Hall–Kier alpha value is -1.84. The molecule has 4 nitrogen and oxygen atoms in total. The van der Waals surface area contributed by atoms with E-state index in [1.54, 1.807) is 6.92 Å². The first-order valence-corrected chi connectivity index (χ1v) is 8.48. The molecule has 2 rings (SSSR count). The highest BCUT2D eigenvalue weighted by Crippen LogP contribution is 2.18. The zero-order valence-electron chi connectivity index (χ0n) is 14.7. The molecule has 1 aromatic rings. The van der Waals surface area contributed by atoms with Crippen molar-refractivity contribution in [3.63, 3.8) is 0 Å². The maximum Gasteiger partial charge on any atom is 0.223 e. The number of carbonyl (C=O) groups is 2. The minimum atomic E-state index is 0.0470. The highest BCUT2D eigenvalue weighted by atomic mass is 16.2. The minimum absolute atomic E-state index is 0.0470. The van der Waals surface area contributed by atoms with Gasteiger partial charge in [-0.25, -0.2) is 0 Å². The SMILES string of the molecule is CC(=O)N1CCC(C(=O)NCCc2c(C)cc(C)cc2C)CC1. The van der Waals surface area contributed by atoms with Gasteiger partial charge in [-0.3, -0.25) is 9.59 Å². The van der Waals surface area contributed by atoms with Gasteiger partial charge in [-0.1, -0.05) is 17.7 Å². The van der Waals surface area contributed by atoms with Crippen LogP contribution in [0.25, 0.3) is 0 Å². The summed E-state index contributed by atoms with van der Waals surface area (Å²) < 4.78 is 0. The van der Waals surface area contributed by atoms with E-state index in [0.29, 0.717) is 19.6 Å². The van der Waals surface area contributed by atoms with Crippen molar-refractivity contribution in [2.24, 2.45) is 5.92 Å². The molecule has 2 amide bonds. The van der Waals surface area contributed by atoms with Gasteiger partial charge in [0.15, 0.2) is 0 Å². The maximum absolute atomic E-state index is 12.3. The number of amides is 2. The van der Waals surface area contributed by atoms with Gasteiger partial charge in [-0.2, -0.15) is 0 Å². The zero-order chi connectivity index (χ0) is 17.0. The van der Waals surface area contributed by atoms with Crippen LogP contribution in [-0.2, 0) is 16.0 Å². The molecule has 23 heavy (non-hydrogen) atoms. The molecule has 1 aliphatic heterocycles. The monoisotopic (exact) mass is 316 g/mol. The molecule has 1 saturated heterocycles. The van der Waals surface area contributed by atoms with E-state index in [4.69, 9.17) is 0 Å². The van der Waals surface area contributed by atoms with Crippen LogP contribution in [0.1, 0.15) is 42.0 Å². The summed E-state index contributed by atoms with van der Waals surface area (Å²) in [5.74, 6) is 0.288. The number of hydrogen-bond acceptors (Lipinski definition) is 2. The summed E-state index contributed by atoms with van der Waals surface area (Å²) in [7, 11) is 0. The molecule has 1 aliphatic rings. The topological polar surface area (TPSA) is 49.4 Å². The predicted molar refractivity (Wildman–Crippen MR) is 92.3 cm³/mol. The molecule has 1 fully saturated rings. The molecule has 4 heteroatoms. The van der Waals surface area contributed by atoms with Crippen LogP contribution < -0.4 is 5.32 Å². The van der Waals surface area contributed by atoms with E-state index in [2.05, 4.69) is 38.2 Å². The van der Waals surface area contributed by atoms with Gasteiger partial charge >= 0.3 is 0 Å². The van der Waals surface area contributed by atoms with E-state index in [-0.39, 0.29) is 17.7 Å². The van der Waals surface area contributed by atoms with Crippen LogP contribution in [-0.4, -0.2) is 36.3 Å². The number of aryl methyl sites for hydroxylation is 3. The number of nitrogens with one attached hydrogen (secondary N) is 1. The first kappa shape index (κ1) is 17.5. The Morgan fingerprint density at radius 1 is 1.13 bits per heavy atom. The molecule has 0 atom stereocenters. The van der Waals surface area contributed by atoms with Gasteiger partial charge in [-0.15, -0.1) is 0 Å². The minimum Gasteiger partial charge on any atom is -0.356 e. The molecular weight excluding hydrogens is 288 g/mol. The number of benzene rings is 1. The Balaban J connectivity index is 1.81. The van der Waals surface area contributed by atoms with Crippen molar-refractivity contribution in [3.05, 3.63) is 34.4 Å². The summed E-state index contributed by atoms with van der Waals surface area (Å²) in [5.41, 5.74) is 5.21. The highest BCUT2D eigenvalue weighted by molar-refractivity contribution is 5.79. The molecule has 1 aromatic carbocycles. The molecule has 0 aliphatic carbocycles. The first-order chi connectivity index (χ1) is 10.9. The molecule has 126 valence electrons. The van der Waals surface area contributed by atoms with Crippen LogP contribution in [0, 0.1) is 26.7 Å². The third-order valence-electron chi connectivity index (χ3n) is 4.83. The van der Waals surface area contributed by atoms with Crippen molar-refractivity contribution in [1.82, 2.24) is 10.2 Å². The largest absolute Gasteiger partial charge is 0.356 e. The predicted octanol–water partition coefficient (Wildman–Crippen LogP) is 2.53. The fraction of sp³-hybridized carbons (Fsp3) is 0.579. The van der Waals surface area contributed by atoms with Crippen LogP contribution in [0.15, 0.2) is 12.1 Å². The molecule has 0 aromatic heterocycles. The maximum atomic E-state index is 12.3. The molecule has 0 spiro atoms. The average Bonchev–Trinajstić information content (AvgIpc) is 2.49. The fourth-order valence-corrected chi connectivity index (χ4v) is 3.52. The molecule has 1 heterocycles. The van der Waals surface area contributed by atoms with E-state index >= 15 is 0 Å². The van der Waals surface area contributed by atoms with Gasteiger partial charge in [0.2, 0.25) is 11.8 Å². The molecule has 0 bridgehead atoms. The Morgan fingerprint density at radius 2 is 1.70 bits per heavy atom. The van der Waals surface area contributed by atoms with Gasteiger partial charge in [0.1, 0.15) is 0 Å². The molecule has 0 unspecified atom stereocenters. The second-order valence-corrected chi connectivity index (χ2v) is 6.70. The molecule has 1 N–H and O–H groups in total. The lowest BCUT2D eigenvalue weighted by Gasteiger charge is -2.30. The van der Waals surface area contributed by atoms with Gasteiger partial charge in [0.25, 0.3) is 0 Å². The number of hydrogen-bond donors (Lipinski definition) is 1. The summed E-state index contributed by atoms with van der Waals surface area (Å²) in [5, 5.41) is 3.07. The third-order valence-corrected chi connectivity index (χ3v) is 4.83. The number of piperidine rings is 1. The number of carbonyl (C=O) groups excluding carboxylic acids is 2. The van der Waals surface area contributed by atoms with E-state index < -0.39 is 0 Å². The van der Waals surface area contributed by atoms with Crippen molar-refractivity contribution in [2.45, 2.75) is 47.0 Å². The van der Waals surface area contributed by atoms with Crippen LogP contribution in [0.2, 0.25) is 0 Å². The van der Waals surface area contributed by atoms with Gasteiger partial charge in [0.05, 0.1) is 0 Å². The first-order valence-electron chi connectivity index (χ1n) is 8.48. The number of nitrogens with zero attached hydrogens (tertiary/aromatic N) is 1. The van der Waals surface area contributed by atoms with E-state index in [9.17, 15) is 9.59 Å². The Morgan fingerprint density at radius 3 is 2.22 bits per heavy atom. The van der Waals surface area contributed by atoms with Crippen LogP contribution in [0.5, 0.6) is 0 Å². The van der Waals surface area contributed by atoms with Gasteiger partial charge < -0.3 is 10.2 Å². The molecule has 0 radical (unpaired) electrons. The van der Waals surface area contributed by atoms with E-state index in [1.807, 2.05) is 4.90 Å². The lowest BCUT2D eigenvalue weighted by Crippen LogP contribution is -2.42. The quantitative estimate of drug-likeness (QED) is 0.928. The van der Waals surface area contributed by atoms with Crippen molar-refractivity contribution >= 4 is 11.8 Å². The second kappa shape index (κ2) is 7.62. The van der Waals surface area contributed by atoms with E-state index in [1.165, 1.54) is 22.3 Å². The lowest BCUT2D eigenvalue weighted by atomic mass is 9.95. The number of rotatable bonds is 4. The lowest BCUT2D eigenvalue weighted by molar-refractivity contribution is -0.133. The standard InChI is InChI=1S/C19H28N2O2/c1-13-11-14(2)18(15(3)12-13)5-8-20-19(23)17-6-9-21(10-7-17)16(4)22/h11-12,17H,5-10H2,1-4H3,(H,20,23). The summed E-state index contributed by atoms with van der Waals surface area (Å²) in [6.45, 7) is 10.0. The Bertz CT molecular complexity index is 564. The second-order valence-electron chi connectivity index (χ2n) is 6.70. The number of likely N-dealkylation sites (tertiary alicyclic amines) is 1. The average molecular weight is 316 g/mol. The molecular formula is C19H28N2O2. The highest BCUT2D eigenvalue weighted by Gasteiger charge is 2.25. The summed E-state index contributed by atoms with van der Waals surface area (Å²) in [6, 6.07) is 4.39. The molecule has 0 saturated carbocycles. The van der Waals surface area contributed by atoms with Crippen LogP contribution in [0.3, 0.4) is 0 Å². The fourth-order valence-electron chi connectivity index (χ4n) is 3.52. The van der Waals surface area contributed by atoms with Crippen LogP contribution in [0.4, 0.5) is 0 Å². The third kappa shape index (κ3) is 4.57. The Kier molecular flexibility index (Phi) is 5.80. The van der Waals surface area contributed by atoms with Crippen molar-refractivity contribution in [1.29, 1.82) is 0 Å². The van der Waals surface area contributed by atoms with Crippen molar-refractivity contribution in [2.75, 3.05) is 19.6 Å². The summed E-state index contributed by atoms with van der Waals surface area (Å²) in [4.78, 5) is 25.4. The Labute approximate surface area is 139 Å². The van der Waals surface area contributed by atoms with Crippen molar-refractivity contribution < 1.29 is 9.59 Å². The smallest absolute Gasteiger partial charge is 0.223 e. The summed E-state index contributed by atoms with van der Waals surface area (Å²) in [6.07, 6.45) is 2.41. The normalized spacial score (nSPS) is 15.6.